The molecule has 72 valence electrons. The molecule has 1 heterocycles. The van der Waals surface area contributed by atoms with Crippen molar-refractivity contribution < 1.29 is 9.21 Å². The van der Waals surface area contributed by atoms with Crippen LogP contribution in [0.25, 0.3) is 0 Å². The third kappa shape index (κ3) is 2.67. The second-order valence-electron chi connectivity index (χ2n) is 3.20. The Labute approximate surface area is 85.8 Å². The van der Waals surface area contributed by atoms with Gasteiger partial charge in [0.2, 0.25) is 0 Å². The summed E-state index contributed by atoms with van der Waals surface area (Å²) >= 11 is 3.27. The lowest BCUT2D eigenvalue weighted by Gasteiger charge is -2.06. The van der Waals surface area contributed by atoms with Gasteiger partial charge in [-0.3, -0.25) is 4.79 Å². The number of halogens is 1. The van der Waals surface area contributed by atoms with E-state index in [0.717, 1.165) is 12.1 Å². The van der Waals surface area contributed by atoms with E-state index in [0.29, 0.717) is 10.4 Å². The predicted molar refractivity (Wildman–Crippen MR) is 53.8 cm³/mol. The number of rotatable bonds is 3. The van der Waals surface area contributed by atoms with E-state index in [4.69, 9.17) is 4.42 Å². The van der Waals surface area contributed by atoms with Gasteiger partial charge in [-0.05, 0) is 36.1 Å². The van der Waals surface area contributed by atoms with Gasteiger partial charge in [0.1, 0.15) is 0 Å². The molecule has 3 nitrogen and oxygen atoms in total. The second-order valence-corrected chi connectivity index (χ2v) is 3.92. The number of hydrogen-bond donors (Lipinski definition) is 0. The highest BCUT2D eigenvalue weighted by Crippen LogP contribution is 2.22. The van der Waals surface area contributed by atoms with Crippen molar-refractivity contribution in [2.75, 3.05) is 14.1 Å². The van der Waals surface area contributed by atoms with Crippen molar-refractivity contribution in [1.29, 1.82) is 0 Å². The van der Waals surface area contributed by atoms with E-state index in [1.165, 1.54) is 6.92 Å². The fourth-order valence-electron chi connectivity index (χ4n) is 1.03. The first-order valence-electron chi connectivity index (χ1n) is 3.94. The zero-order valence-corrected chi connectivity index (χ0v) is 9.51. The molecule has 0 unspecified atom stereocenters. The van der Waals surface area contributed by atoms with Gasteiger partial charge in [0.25, 0.3) is 0 Å². The Hall–Kier alpha value is -0.610. The lowest BCUT2D eigenvalue weighted by molar-refractivity contribution is 0.0986. The maximum Gasteiger partial charge on any atom is 0.194 e. The Morgan fingerprint density at radius 1 is 1.62 bits per heavy atom. The van der Waals surface area contributed by atoms with Crippen molar-refractivity contribution in [3.8, 4) is 0 Å². The van der Waals surface area contributed by atoms with Crippen LogP contribution in [0.4, 0.5) is 0 Å². The van der Waals surface area contributed by atoms with E-state index in [-0.39, 0.29) is 5.78 Å². The molecule has 0 saturated carbocycles. The molecular weight excluding hydrogens is 234 g/mol. The summed E-state index contributed by atoms with van der Waals surface area (Å²) in [5.74, 6) is 0.356. The van der Waals surface area contributed by atoms with Gasteiger partial charge in [0, 0.05) is 19.0 Å². The molecule has 4 heteroatoms. The number of ketones is 1. The summed E-state index contributed by atoms with van der Waals surface area (Å²) in [7, 11) is 3.93. The first-order chi connectivity index (χ1) is 6.00. The number of carbonyl (C=O) groups is 1. The zero-order chi connectivity index (χ0) is 10.0. The summed E-state index contributed by atoms with van der Waals surface area (Å²) in [6, 6.07) is 1.77. The molecular formula is C9H12BrNO2. The van der Waals surface area contributed by atoms with Gasteiger partial charge < -0.3 is 9.32 Å². The molecule has 0 amide bonds. The fourth-order valence-corrected chi connectivity index (χ4v) is 1.44. The van der Waals surface area contributed by atoms with Gasteiger partial charge in [-0.15, -0.1) is 0 Å². The Bertz CT molecular complexity index is 317. The third-order valence-electron chi connectivity index (χ3n) is 1.59. The average molecular weight is 246 g/mol. The minimum absolute atomic E-state index is 0.0503. The van der Waals surface area contributed by atoms with Crippen LogP contribution in [-0.2, 0) is 6.54 Å². The van der Waals surface area contributed by atoms with Crippen molar-refractivity contribution in [2.45, 2.75) is 13.5 Å². The van der Waals surface area contributed by atoms with Crippen molar-refractivity contribution in [2.24, 2.45) is 0 Å². The van der Waals surface area contributed by atoms with Crippen molar-refractivity contribution in [3.63, 3.8) is 0 Å². The molecule has 0 aliphatic rings. The Kier molecular flexibility index (Phi) is 3.27. The first-order valence-corrected chi connectivity index (χ1v) is 4.74. The topological polar surface area (TPSA) is 33.5 Å². The highest BCUT2D eigenvalue weighted by atomic mass is 79.9. The van der Waals surface area contributed by atoms with Crippen LogP contribution in [0.15, 0.2) is 15.2 Å². The number of nitrogens with zero attached hydrogens (tertiary/aromatic N) is 1. The van der Waals surface area contributed by atoms with Gasteiger partial charge in [-0.25, -0.2) is 0 Å². The van der Waals surface area contributed by atoms with Crippen molar-refractivity contribution >= 4 is 21.7 Å². The molecule has 0 N–H and O–H groups in total. The fraction of sp³-hybridized carbons (Fsp3) is 0.444. The second kappa shape index (κ2) is 4.07. The standard InChI is InChI=1S/C9H12BrNO2/c1-6(12)8-4-7(5-11(2)3)9(10)13-8/h4H,5H2,1-3H3. The molecule has 0 aliphatic heterocycles. The summed E-state index contributed by atoms with van der Waals surface area (Å²) in [5.41, 5.74) is 0.996. The van der Waals surface area contributed by atoms with Crippen LogP contribution in [0, 0.1) is 0 Å². The number of Topliss-reactive ketones (excluding diaryl/α,β-unsaturated/α-hetero) is 1. The van der Waals surface area contributed by atoms with Gasteiger partial charge in [-0.1, -0.05) is 0 Å². The quantitative estimate of drug-likeness (QED) is 0.767. The molecule has 1 aromatic heterocycles. The van der Waals surface area contributed by atoms with Gasteiger partial charge in [-0.2, -0.15) is 0 Å². The molecule has 0 aliphatic carbocycles. The lowest BCUT2D eigenvalue weighted by atomic mass is 10.2. The van der Waals surface area contributed by atoms with E-state index in [1.54, 1.807) is 6.07 Å². The molecule has 0 atom stereocenters. The first kappa shape index (κ1) is 10.5. The highest BCUT2D eigenvalue weighted by molar-refractivity contribution is 9.10. The Morgan fingerprint density at radius 2 is 2.23 bits per heavy atom. The normalized spacial score (nSPS) is 10.8. The molecule has 0 fully saturated rings. The summed E-state index contributed by atoms with van der Waals surface area (Å²) in [6.45, 7) is 2.25. The summed E-state index contributed by atoms with van der Waals surface area (Å²) in [5, 5.41) is 0. The van der Waals surface area contributed by atoms with Gasteiger partial charge >= 0.3 is 0 Å². The molecule has 13 heavy (non-hydrogen) atoms. The largest absolute Gasteiger partial charge is 0.446 e. The zero-order valence-electron chi connectivity index (χ0n) is 7.93. The molecule has 0 radical (unpaired) electrons. The number of furan rings is 1. The minimum atomic E-state index is -0.0503. The van der Waals surface area contributed by atoms with E-state index in [9.17, 15) is 4.79 Å². The molecule has 0 bridgehead atoms. The predicted octanol–water partition coefficient (Wildman–Crippen LogP) is 2.31. The van der Waals surface area contributed by atoms with E-state index in [1.807, 2.05) is 19.0 Å². The monoisotopic (exact) mass is 245 g/mol. The Balaban J connectivity index is 2.90. The number of carbonyl (C=O) groups excluding carboxylic acids is 1. The van der Waals surface area contributed by atoms with Crippen LogP contribution in [0.1, 0.15) is 23.0 Å². The smallest absolute Gasteiger partial charge is 0.194 e. The average Bonchev–Trinajstić information content (AvgIpc) is 2.31. The van der Waals surface area contributed by atoms with Crippen LogP contribution in [-0.4, -0.2) is 24.8 Å². The maximum absolute atomic E-state index is 11.0. The van der Waals surface area contributed by atoms with Crippen molar-refractivity contribution in [1.82, 2.24) is 4.90 Å². The van der Waals surface area contributed by atoms with Gasteiger partial charge in [0.05, 0.1) is 0 Å². The Morgan fingerprint density at radius 3 is 2.62 bits per heavy atom. The van der Waals surface area contributed by atoms with Crippen LogP contribution in [0.5, 0.6) is 0 Å². The molecule has 0 spiro atoms. The molecule has 0 aromatic carbocycles. The van der Waals surface area contributed by atoms with E-state index < -0.39 is 0 Å². The van der Waals surface area contributed by atoms with E-state index in [2.05, 4.69) is 15.9 Å². The highest BCUT2D eigenvalue weighted by Gasteiger charge is 2.11. The molecule has 0 saturated heterocycles. The van der Waals surface area contributed by atoms with Crippen LogP contribution < -0.4 is 0 Å². The van der Waals surface area contributed by atoms with Crippen LogP contribution in [0.3, 0.4) is 0 Å². The molecule has 1 rings (SSSR count). The van der Waals surface area contributed by atoms with Crippen molar-refractivity contribution in [3.05, 3.63) is 22.1 Å². The summed E-state index contributed by atoms with van der Waals surface area (Å²) < 4.78 is 5.86. The maximum atomic E-state index is 11.0. The summed E-state index contributed by atoms with van der Waals surface area (Å²) in [4.78, 5) is 13.0. The molecule has 1 aromatic rings. The van der Waals surface area contributed by atoms with Crippen LogP contribution >= 0.6 is 15.9 Å². The van der Waals surface area contributed by atoms with Crippen LogP contribution in [0.2, 0.25) is 0 Å². The SMILES string of the molecule is CC(=O)c1cc(CN(C)C)c(Br)o1. The minimum Gasteiger partial charge on any atom is -0.446 e. The van der Waals surface area contributed by atoms with Gasteiger partial charge in [0.15, 0.2) is 16.2 Å². The summed E-state index contributed by atoms with van der Waals surface area (Å²) in [6.07, 6.45) is 0. The van der Waals surface area contributed by atoms with E-state index >= 15 is 0 Å². The lowest BCUT2D eigenvalue weighted by Crippen LogP contribution is -2.10. The number of hydrogen-bond acceptors (Lipinski definition) is 3. The third-order valence-corrected chi connectivity index (χ3v) is 2.26.